The van der Waals surface area contributed by atoms with Crippen molar-refractivity contribution in [2.24, 2.45) is 7.05 Å². The van der Waals surface area contributed by atoms with Crippen molar-refractivity contribution in [2.45, 2.75) is 22.9 Å². The summed E-state index contributed by atoms with van der Waals surface area (Å²) < 4.78 is 1.83. The van der Waals surface area contributed by atoms with Gasteiger partial charge in [-0.1, -0.05) is 89.8 Å². The predicted octanol–water partition coefficient (Wildman–Crippen LogP) is 5.63. The van der Waals surface area contributed by atoms with E-state index in [1.807, 2.05) is 72.4 Å². The normalized spacial score (nSPS) is 11.6. The number of benzene rings is 3. The van der Waals surface area contributed by atoms with Crippen molar-refractivity contribution in [3.8, 4) is 23.1 Å². The number of rotatable bonds is 4. The molecule has 30 heavy (non-hydrogen) atoms. The first-order valence-electron chi connectivity index (χ1n) is 9.73. The van der Waals surface area contributed by atoms with Gasteiger partial charge in [0.15, 0.2) is 0 Å². The average molecular weight is 411 g/mol. The van der Waals surface area contributed by atoms with E-state index in [9.17, 15) is 5.11 Å². The van der Waals surface area contributed by atoms with Gasteiger partial charge in [0, 0.05) is 23.1 Å². The molecule has 0 aliphatic heterocycles. The Bertz CT molecular complexity index is 1190. The van der Waals surface area contributed by atoms with Crippen LogP contribution in [-0.4, -0.2) is 14.9 Å². The fraction of sp³-hybridized carbons (Fsp3) is 0.115. The van der Waals surface area contributed by atoms with Gasteiger partial charge in [-0.3, -0.25) is 4.68 Å². The van der Waals surface area contributed by atoms with Crippen LogP contribution < -0.4 is 0 Å². The topological polar surface area (TPSA) is 38.1 Å². The van der Waals surface area contributed by atoms with E-state index in [1.54, 1.807) is 11.8 Å². The largest absolute Gasteiger partial charge is 0.376 e. The van der Waals surface area contributed by atoms with E-state index in [0.717, 1.165) is 32.3 Å². The molecule has 0 saturated heterocycles. The molecule has 3 nitrogen and oxygen atoms in total. The van der Waals surface area contributed by atoms with Crippen LogP contribution in [0.4, 0.5) is 0 Å². The molecule has 4 aromatic rings. The predicted molar refractivity (Wildman–Crippen MR) is 122 cm³/mol. The number of aryl methyl sites for hydroxylation is 2. The molecule has 3 aromatic carbocycles. The van der Waals surface area contributed by atoms with Crippen LogP contribution in [0, 0.1) is 18.8 Å². The molecule has 4 rings (SSSR count). The molecular formula is C26H22N2OS. The van der Waals surface area contributed by atoms with E-state index in [0.29, 0.717) is 0 Å². The number of hydrogen-bond acceptors (Lipinski definition) is 3. The lowest BCUT2D eigenvalue weighted by molar-refractivity contribution is 0.235. The van der Waals surface area contributed by atoms with E-state index >= 15 is 0 Å². The summed E-state index contributed by atoms with van der Waals surface area (Å²) in [6.07, 6.45) is -0.956. The zero-order valence-electron chi connectivity index (χ0n) is 16.9. The zero-order valence-corrected chi connectivity index (χ0v) is 17.7. The van der Waals surface area contributed by atoms with Crippen molar-refractivity contribution in [3.05, 3.63) is 102 Å². The summed E-state index contributed by atoms with van der Waals surface area (Å²) >= 11 is 1.59. The van der Waals surface area contributed by atoms with E-state index in [1.165, 1.54) is 5.56 Å². The molecule has 0 bridgehead atoms. The van der Waals surface area contributed by atoms with Crippen molar-refractivity contribution in [3.63, 3.8) is 0 Å². The summed E-state index contributed by atoms with van der Waals surface area (Å²) in [5, 5.41) is 16.7. The number of aliphatic hydroxyl groups is 1. The zero-order chi connectivity index (χ0) is 20.9. The van der Waals surface area contributed by atoms with Crippen LogP contribution in [0.5, 0.6) is 0 Å². The molecule has 4 heteroatoms. The van der Waals surface area contributed by atoms with E-state index in [-0.39, 0.29) is 0 Å². The van der Waals surface area contributed by atoms with Gasteiger partial charge in [0.1, 0.15) is 16.8 Å². The molecule has 0 aliphatic carbocycles. The standard InChI is InChI=1S/C26H22N2OS/c1-19-13-16-22(17-14-19)30-26-24(23(29)18-15-20-9-5-3-6-10-20)25(27-28(26)2)21-11-7-4-8-12-21/h3-14,16-17,23,29H,1-2H3/t23-/m0/s1. The van der Waals surface area contributed by atoms with Crippen LogP contribution in [0.1, 0.15) is 22.8 Å². The van der Waals surface area contributed by atoms with Gasteiger partial charge in [-0.05, 0) is 31.2 Å². The molecule has 1 heterocycles. The van der Waals surface area contributed by atoms with E-state index in [4.69, 9.17) is 5.10 Å². The molecule has 0 fully saturated rings. The first-order chi connectivity index (χ1) is 14.6. The Morgan fingerprint density at radius 2 is 1.53 bits per heavy atom. The van der Waals surface area contributed by atoms with Gasteiger partial charge in [0.05, 0.1) is 5.56 Å². The molecule has 0 radical (unpaired) electrons. The summed E-state index contributed by atoms with van der Waals surface area (Å²) in [6, 6.07) is 28.0. The Morgan fingerprint density at radius 3 is 2.20 bits per heavy atom. The highest BCUT2D eigenvalue weighted by Gasteiger charge is 2.23. The minimum atomic E-state index is -0.956. The second kappa shape index (κ2) is 9.04. The van der Waals surface area contributed by atoms with Gasteiger partial charge in [-0.15, -0.1) is 0 Å². The summed E-state index contributed by atoms with van der Waals surface area (Å²) in [7, 11) is 1.91. The number of aliphatic hydroxyl groups excluding tert-OH is 1. The summed E-state index contributed by atoms with van der Waals surface area (Å²) in [5.74, 6) is 6.10. The van der Waals surface area contributed by atoms with Gasteiger partial charge < -0.3 is 5.11 Å². The molecule has 1 N–H and O–H groups in total. The Morgan fingerprint density at radius 1 is 0.900 bits per heavy atom. The third kappa shape index (κ3) is 4.49. The highest BCUT2D eigenvalue weighted by molar-refractivity contribution is 7.99. The fourth-order valence-corrected chi connectivity index (χ4v) is 4.15. The third-order valence-electron chi connectivity index (χ3n) is 4.71. The molecule has 0 spiro atoms. The third-order valence-corrected chi connectivity index (χ3v) is 5.90. The Kier molecular flexibility index (Phi) is 6.04. The number of nitrogens with zero attached hydrogens (tertiary/aromatic N) is 2. The van der Waals surface area contributed by atoms with Crippen LogP contribution in [0.25, 0.3) is 11.3 Å². The molecule has 0 amide bonds. The van der Waals surface area contributed by atoms with Crippen molar-refractivity contribution in [1.82, 2.24) is 9.78 Å². The number of hydrogen-bond donors (Lipinski definition) is 1. The molecule has 1 aromatic heterocycles. The van der Waals surface area contributed by atoms with Gasteiger partial charge in [-0.2, -0.15) is 5.10 Å². The quantitative estimate of drug-likeness (QED) is 0.443. The molecule has 0 saturated carbocycles. The Balaban J connectivity index is 1.79. The van der Waals surface area contributed by atoms with Crippen LogP contribution in [0.3, 0.4) is 0 Å². The van der Waals surface area contributed by atoms with Crippen LogP contribution in [0.2, 0.25) is 0 Å². The van der Waals surface area contributed by atoms with Gasteiger partial charge in [0.2, 0.25) is 0 Å². The molecular weight excluding hydrogens is 388 g/mol. The maximum Gasteiger partial charge on any atom is 0.145 e. The summed E-state index contributed by atoms with van der Waals surface area (Å²) in [4.78, 5) is 1.09. The van der Waals surface area contributed by atoms with E-state index < -0.39 is 6.10 Å². The molecule has 148 valence electrons. The number of aromatic nitrogens is 2. The fourth-order valence-electron chi connectivity index (χ4n) is 3.16. The SMILES string of the molecule is Cc1ccc(Sc2c([C@@H](O)C#Cc3ccccc3)c(-c3ccccc3)nn2C)cc1. The van der Waals surface area contributed by atoms with Gasteiger partial charge in [0.25, 0.3) is 0 Å². The maximum atomic E-state index is 11.1. The lowest BCUT2D eigenvalue weighted by Crippen LogP contribution is -1.99. The minimum Gasteiger partial charge on any atom is -0.376 e. The molecule has 1 atom stereocenters. The van der Waals surface area contributed by atoms with Crippen molar-refractivity contribution in [2.75, 3.05) is 0 Å². The highest BCUT2D eigenvalue weighted by Crippen LogP contribution is 2.38. The molecule has 0 aliphatic rings. The van der Waals surface area contributed by atoms with Crippen molar-refractivity contribution < 1.29 is 5.11 Å². The second-order valence-electron chi connectivity index (χ2n) is 7.01. The second-order valence-corrected chi connectivity index (χ2v) is 8.07. The van der Waals surface area contributed by atoms with Crippen LogP contribution in [0.15, 0.2) is 94.9 Å². The average Bonchev–Trinajstić information content (AvgIpc) is 3.11. The van der Waals surface area contributed by atoms with Gasteiger partial charge >= 0.3 is 0 Å². The summed E-state index contributed by atoms with van der Waals surface area (Å²) in [6.45, 7) is 2.07. The van der Waals surface area contributed by atoms with Crippen molar-refractivity contribution >= 4 is 11.8 Å². The Labute approximate surface area is 181 Å². The maximum absolute atomic E-state index is 11.1. The monoisotopic (exact) mass is 410 g/mol. The highest BCUT2D eigenvalue weighted by atomic mass is 32.2. The molecule has 0 unspecified atom stereocenters. The van der Waals surface area contributed by atoms with E-state index in [2.05, 4.69) is 43.0 Å². The minimum absolute atomic E-state index is 0.734. The van der Waals surface area contributed by atoms with Crippen molar-refractivity contribution in [1.29, 1.82) is 0 Å². The van der Waals surface area contributed by atoms with Gasteiger partial charge in [-0.25, -0.2) is 0 Å². The van der Waals surface area contributed by atoms with Crippen LogP contribution in [-0.2, 0) is 7.05 Å². The lowest BCUT2D eigenvalue weighted by Gasteiger charge is -2.10. The first kappa shape index (κ1) is 20.0. The summed E-state index contributed by atoms with van der Waals surface area (Å²) in [5.41, 5.74) is 4.53. The Hall–Kier alpha value is -3.26. The lowest BCUT2D eigenvalue weighted by atomic mass is 10.0. The first-order valence-corrected chi connectivity index (χ1v) is 10.5. The van der Waals surface area contributed by atoms with Crippen LogP contribution >= 0.6 is 11.8 Å². The smallest absolute Gasteiger partial charge is 0.145 e.